The van der Waals surface area contributed by atoms with Crippen LogP contribution in [0, 0.1) is 0 Å². The van der Waals surface area contributed by atoms with E-state index in [0.29, 0.717) is 11.3 Å². The molecule has 0 aliphatic rings. The first-order valence-electron chi connectivity index (χ1n) is 5.04. The first-order chi connectivity index (χ1) is 7.07. The highest BCUT2D eigenvalue weighted by molar-refractivity contribution is 5.56. The molecule has 0 saturated heterocycles. The van der Waals surface area contributed by atoms with Crippen molar-refractivity contribution in [2.45, 2.75) is 0 Å². The zero-order valence-electron chi connectivity index (χ0n) is 9.31. The number of pyridine rings is 1. The van der Waals surface area contributed by atoms with Crippen molar-refractivity contribution < 1.29 is 4.11 Å². The van der Waals surface area contributed by atoms with Crippen molar-refractivity contribution in [2.24, 2.45) is 6.98 Å². The van der Waals surface area contributed by atoms with E-state index in [9.17, 15) is 0 Å². The second kappa shape index (κ2) is 2.77. The maximum atomic E-state index is 7.16. The second-order valence-corrected chi connectivity index (χ2v) is 2.39. The van der Waals surface area contributed by atoms with Gasteiger partial charge in [-0.25, -0.2) is 0 Å². The highest BCUT2D eigenvalue weighted by atomic mass is 15.2. The van der Waals surface area contributed by atoms with E-state index in [1.54, 1.807) is 18.3 Å². The van der Waals surface area contributed by atoms with E-state index in [-0.39, 0.29) is 0 Å². The van der Waals surface area contributed by atoms with Crippen LogP contribution >= 0.6 is 0 Å². The van der Waals surface area contributed by atoms with Crippen molar-refractivity contribution in [2.75, 3.05) is 0 Å². The van der Waals surface area contributed by atoms with Crippen molar-refractivity contribution in [1.29, 1.82) is 0 Å². The van der Waals surface area contributed by atoms with Gasteiger partial charge < -0.3 is 0 Å². The van der Waals surface area contributed by atoms with E-state index in [0.717, 1.165) is 4.68 Å². The van der Waals surface area contributed by atoms with Crippen LogP contribution < -0.4 is 0 Å². The maximum Gasteiger partial charge on any atom is 0.0733 e. The Bertz CT molecular complexity index is 447. The molecule has 3 nitrogen and oxygen atoms in total. The molecular formula is C9H9N3. The average molecular weight is 162 g/mol. The lowest BCUT2D eigenvalue weighted by Gasteiger charge is -1.92. The molecule has 0 atom stereocenters. The summed E-state index contributed by atoms with van der Waals surface area (Å²) in [4.78, 5) is 4.11. The zero-order valence-corrected chi connectivity index (χ0v) is 6.31. The van der Waals surface area contributed by atoms with Gasteiger partial charge in [-0.2, -0.15) is 5.10 Å². The van der Waals surface area contributed by atoms with Crippen LogP contribution in [-0.2, 0) is 6.98 Å². The van der Waals surface area contributed by atoms with Gasteiger partial charge in [0.25, 0.3) is 0 Å². The molecule has 0 radical (unpaired) electrons. The van der Waals surface area contributed by atoms with E-state index in [2.05, 4.69) is 10.1 Å². The maximum absolute atomic E-state index is 7.16. The van der Waals surface area contributed by atoms with Crippen LogP contribution in [0.4, 0.5) is 0 Å². The lowest BCUT2D eigenvalue weighted by molar-refractivity contribution is 0.768. The van der Waals surface area contributed by atoms with Crippen LogP contribution in [0.15, 0.2) is 36.8 Å². The Morgan fingerprint density at radius 3 is 3.17 bits per heavy atom. The summed E-state index contributed by atoms with van der Waals surface area (Å²) in [5, 5.41) is 3.78. The van der Waals surface area contributed by atoms with Gasteiger partial charge in [-0.3, -0.25) is 9.67 Å². The number of aromatic nitrogens is 3. The molecule has 60 valence electrons. The van der Waals surface area contributed by atoms with Crippen molar-refractivity contribution in [3.63, 3.8) is 0 Å². The highest BCUT2D eigenvalue weighted by Gasteiger charge is 1.98. The Morgan fingerprint density at radius 2 is 2.50 bits per heavy atom. The second-order valence-electron chi connectivity index (χ2n) is 2.39. The quantitative estimate of drug-likeness (QED) is 0.636. The molecule has 0 bridgehead atoms. The fraction of sp³-hybridized carbons (Fsp3) is 0.111. The lowest BCUT2D eigenvalue weighted by atomic mass is 10.2. The van der Waals surface area contributed by atoms with Gasteiger partial charge in [-0.15, -0.1) is 0 Å². The van der Waals surface area contributed by atoms with Gasteiger partial charge >= 0.3 is 0 Å². The van der Waals surface area contributed by atoms with E-state index in [1.807, 2.05) is 6.07 Å². The predicted octanol–water partition coefficient (Wildman–Crippen LogP) is 1.48. The first-order valence-corrected chi connectivity index (χ1v) is 3.54. The topological polar surface area (TPSA) is 30.7 Å². The molecule has 0 saturated carbocycles. The Kier molecular flexibility index (Phi) is 1.02. The molecule has 0 amide bonds. The monoisotopic (exact) mass is 162 g/mol. The van der Waals surface area contributed by atoms with E-state index < -0.39 is 6.98 Å². The number of aryl methyl sites for hydroxylation is 1. The summed E-state index contributed by atoms with van der Waals surface area (Å²) in [6.07, 6.45) is 4.62. The summed E-state index contributed by atoms with van der Waals surface area (Å²) >= 11 is 0. The van der Waals surface area contributed by atoms with Crippen LogP contribution in [0.5, 0.6) is 0 Å². The third-order valence-electron chi connectivity index (χ3n) is 1.54. The van der Waals surface area contributed by atoms with Gasteiger partial charge in [0.1, 0.15) is 0 Å². The standard InChI is InChI=1S/C9H9N3/c1-12-7-8(6-11-12)9-4-2-3-5-10-9/h2-7H,1H3/i1D3. The summed E-state index contributed by atoms with van der Waals surface area (Å²) in [7, 11) is 0. The number of nitrogens with zero attached hydrogens (tertiary/aromatic N) is 3. The smallest absolute Gasteiger partial charge is 0.0733 e. The van der Waals surface area contributed by atoms with Gasteiger partial charge in [-0.05, 0) is 12.1 Å². The van der Waals surface area contributed by atoms with Crippen molar-refractivity contribution in [3.8, 4) is 11.3 Å². The van der Waals surface area contributed by atoms with Crippen LogP contribution in [0.1, 0.15) is 4.11 Å². The van der Waals surface area contributed by atoms with Crippen LogP contribution in [0.2, 0.25) is 0 Å². The Hall–Kier alpha value is -1.64. The summed E-state index contributed by atoms with van der Waals surface area (Å²) in [6, 6.07) is 5.45. The summed E-state index contributed by atoms with van der Waals surface area (Å²) < 4.78 is 22.4. The third-order valence-corrected chi connectivity index (χ3v) is 1.54. The van der Waals surface area contributed by atoms with E-state index in [4.69, 9.17) is 4.11 Å². The van der Waals surface area contributed by atoms with Gasteiger partial charge in [-0.1, -0.05) is 6.07 Å². The number of rotatable bonds is 1. The molecule has 2 aromatic heterocycles. The number of hydrogen-bond donors (Lipinski definition) is 0. The van der Waals surface area contributed by atoms with Crippen LogP contribution in [0.3, 0.4) is 0 Å². The Labute approximate surface area is 74.9 Å². The molecule has 0 N–H and O–H groups in total. The predicted molar refractivity (Wildman–Crippen MR) is 46.4 cm³/mol. The molecule has 0 aliphatic heterocycles. The normalized spacial score (nSPS) is 14.8. The molecule has 0 aliphatic carbocycles. The van der Waals surface area contributed by atoms with E-state index in [1.165, 1.54) is 12.4 Å². The SMILES string of the molecule is [2H]C([2H])([2H])n1cc(-c2ccccn2)cn1. The fourth-order valence-corrected chi connectivity index (χ4v) is 0.989. The third kappa shape index (κ3) is 1.21. The first kappa shape index (κ1) is 4.40. The number of hydrogen-bond acceptors (Lipinski definition) is 2. The van der Waals surface area contributed by atoms with Gasteiger partial charge in [0.2, 0.25) is 0 Å². The molecule has 0 fully saturated rings. The highest BCUT2D eigenvalue weighted by Crippen LogP contribution is 2.13. The van der Waals surface area contributed by atoms with Crippen LogP contribution in [0.25, 0.3) is 11.3 Å². The van der Waals surface area contributed by atoms with E-state index >= 15 is 0 Å². The molecule has 0 spiro atoms. The lowest BCUT2D eigenvalue weighted by Crippen LogP contribution is -1.84. The summed E-state index contributed by atoms with van der Waals surface area (Å²) in [5.41, 5.74) is 1.42. The minimum atomic E-state index is -2.23. The van der Waals surface area contributed by atoms with Gasteiger partial charge in [0.15, 0.2) is 0 Å². The molecular weight excluding hydrogens is 150 g/mol. The van der Waals surface area contributed by atoms with Gasteiger partial charge in [0, 0.05) is 29.0 Å². The summed E-state index contributed by atoms with van der Waals surface area (Å²) in [6.45, 7) is -2.23. The summed E-state index contributed by atoms with van der Waals surface area (Å²) in [5.74, 6) is 0. The van der Waals surface area contributed by atoms with Gasteiger partial charge in [0.05, 0.1) is 11.9 Å². The molecule has 0 aromatic carbocycles. The van der Waals surface area contributed by atoms with Crippen LogP contribution in [-0.4, -0.2) is 14.8 Å². The van der Waals surface area contributed by atoms with Crippen molar-refractivity contribution >= 4 is 0 Å². The minimum Gasteiger partial charge on any atom is -0.275 e. The molecule has 0 unspecified atom stereocenters. The van der Waals surface area contributed by atoms with Crippen molar-refractivity contribution in [1.82, 2.24) is 14.8 Å². The van der Waals surface area contributed by atoms with Crippen molar-refractivity contribution in [3.05, 3.63) is 36.8 Å². The average Bonchev–Trinajstić information content (AvgIpc) is 2.67. The molecule has 2 rings (SSSR count). The Morgan fingerprint density at radius 1 is 1.50 bits per heavy atom. The minimum absolute atomic E-state index is 0.701. The molecule has 2 heterocycles. The Balaban J connectivity index is 2.37. The largest absolute Gasteiger partial charge is 0.275 e. The molecule has 3 heteroatoms. The fourth-order valence-electron chi connectivity index (χ4n) is 0.989. The molecule has 12 heavy (non-hydrogen) atoms. The molecule has 2 aromatic rings. The zero-order chi connectivity index (χ0) is 10.9.